The molecule has 0 radical (unpaired) electrons. The molecule has 1 aliphatic rings. The number of carbonyl (C=O) groups excluding carboxylic acids is 1. The van der Waals surface area contributed by atoms with Crippen LogP contribution in [0.2, 0.25) is 0 Å². The monoisotopic (exact) mass is 433 g/mol. The van der Waals surface area contributed by atoms with Crippen LogP contribution in [0.5, 0.6) is 0 Å². The first kappa shape index (κ1) is 21.4. The molecule has 0 spiro atoms. The van der Waals surface area contributed by atoms with Crippen molar-refractivity contribution in [2.75, 3.05) is 24.6 Å². The molecule has 3 heterocycles. The Bertz CT molecular complexity index is 1140. The van der Waals surface area contributed by atoms with Crippen LogP contribution < -0.4 is 5.43 Å². The lowest BCUT2D eigenvalue weighted by Crippen LogP contribution is -2.41. The SMILES string of the molecule is Cc1ccccc1Cc1c(C(=O)N2CCSCC2)c(=O)cc(C)n1Cc1ccncc1. The Morgan fingerprint density at radius 2 is 1.77 bits per heavy atom. The molecule has 6 heteroatoms. The van der Waals surface area contributed by atoms with Crippen LogP contribution in [0, 0.1) is 13.8 Å². The summed E-state index contributed by atoms with van der Waals surface area (Å²) < 4.78 is 2.12. The van der Waals surface area contributed by atoms with Gasteiger partial charge in [0.1, 0.15) is 5.56 Å². The summed E-state index contributed by atoms with van der Waals surface area (Å²) in [5.74, 6) is 1.68. The third-order valence-corrected chi connectivity index (χ3v) is 6.79. The summed E-state index contributed by atoms with van der Waals surface area (Å²) in [5.41, 5.74) is 5.14. The largest absolute Gasteiger partial charge is 0.343 e. The van der Waals surface area contributed by atoms with E-state index in [1.54, 1.807) is 18.5 Å². The number of aromatic nitrogens is 2. The molecule has 1 fully saturated rings. The number of nitrogens with zero attached hydrogens (tertiary/aromatic N) is 3. The van der Waals surface area contributed by atoms with Crippen molar-refractivity contribution in [2.45, 2.75) is 26.8 Å². The third-order valence-electron chi connectivity index (χ3n) is 5.85. The number of pyridine rings is 2. The number of aryl methyl sites for hydroxylation is 2. The standard InChI is InChI=1S/C25H27N3O2S/c1-18-5-3-4-6-21(18)16-22-24(25(30)27-11-13-31-14-12-27)23(29)15-19(2)28(22)17-20-7-9-26-10-8-20/h3-10,15H,11-14,16-17H2,1-2H3. The van der Waals surface area contributed by atoms with Gasteiger partial charge in [-0.3, -0.25) is 14.6 Å². The van der Waals surface area contributed by atoms with Crippen LogP contribution in [0.1, 0.15) is 38.4 Å². The first-order chi connectivity index (χ1) is 15.0. The highest BCUT2D eigenvalue weighted by Gasteiger charge is 2.26. The van der Waals surface area contributed by atoms with Crippen molar-refractivity contribution in [3.63, 3.8) is 0 Å². The van der Waals surface area contributed by atoms with Crippen molar-refractivity contribution in [1.29, 1.82) is 0 Å². The number of hydrogen-bond acceptors (Lipinski definition) is 4. The lowest BCUT2D eigenvalue weighted by atomic mass is 9.98. The average Bonchev–Trinajstić information content (AvgIpc) is 2.79. The van der Waals surface area contributed by atoms with E-state index in [0.29, 0.717) is 31.6 Å². The molecule has 3 aromatic rings. The van der Waals surface area contributed by atoms with Crippen LogP contribution >= 0.6 is 11.8 Å². The molecule has 1 aromatic carbocycles. The van der Waals surface area contributed by atoms with Gasteiger partial charge in [-0.25, -0.2) is 0 Å². The van der Waals surface area contributed by atoms with Crippen LogP contribution in [0.3, 0.4) is 0 Å². The van der Waals surface area contributed by atoms with Gasteiger partial charge in [0.05, 0.1) is 0 Å². The van der Waals surface area contributed by atoms with Crippen LogP contribution in [-0.2, 0) is 13.0 Å². The molecule has 0 N–H and O–H groups in total. The number of hydrogen-bond donors (Lipinski definition) is 0. The molecule has 160 valence electrons. The Kier molecular flexibility index (Phi) is 6.56. The van der Waals surface area contributed by atoms with Gasteiger partial charge in [-0.2, -0.15) is 11.8 Å². The minimum absolute atomic E-state index is 0.141. The molecule has 0 saturated carbocycles. The molecular weight excluding hydrogens is 406 g/mol. The summed E-state index contributed by atoms with van der Waals surface area (Å²) in [5, 5.41) is 0. The van der Waals surface area contributed by atoms with E-state index < -0.39 is 0 Å². The molecule has 2 aromatic heterocycles. The van der Waals surface area contributed by atoms with Crippen molar-refractivity contribution in [3.8, 4) is 0 Å². The van der Waals surface area contributed by atoms with Gasteiger partial charge in [0.25, 0.3) is 5.91 Å². The predicted molar refractivity (Wildman–Crippen MR) is 126 cm³/mol. The van der Waals surface area contributed by atoms with E-state index in [-0.39, 0.29) is 11.3 Å². The molecule has 4 rings (SSSR count). The van der Waals surface area contributed by atoms with Gasteiger partial charge in [0.2, 0.25) is 0 Å². The molecule has 1 saturated heterocycles. The Balaban J connectivity index is 1.86. The van der Waals surface area contributed by atoms with Crippen molar-refractivity contribution in [3.05, 3.63) is 98.7 Å². The summed E-state index contributed by atoms with van der Waals surface area (Å²) in [6.45, 7) is 5.97. The van der Waals surface area contributed by atoms with Gasteiger partial charge >= 0.3 is 0 Å². The molecule has 31 heavy (non-hydrogen) atoms. The number of amides is 1. The van der Waals surface area contributed by atoms with Crippen LogP contribution in [0.15, 0.2) is 59.7 Å². The van der Waals surface area contributed by atoms with Crippen LogP contribution in [0.4, 0.5) is 0 Å². The average molecular weight is 434 g/mol. The fourth-order valence-corrected chi connectivity index (χ4v) is 4.95. The highest BCUT2D eigenvalue weighted by atomic mass is 32.2. The summed E-state index contributed by atoms with van der Waals surface area (Å²) in [7, 11) is 0. The predicted octanol–water partition coefficient (Wildman–Crippen LogP) is 3.69. The maximum absolute atomic E-state index is 13.5. The quantitative estimate of drug-likeness (QED) is 0.616. The van der Waals surface area contributed by atoms with Gasteiger partial charge in [-0.1, -0.05) is 24.3 Å². The zero-order valence-electron chi connectivity index (χ0n) is 18.0. The Morgan fingerprint density at radius 1 is 1.06 bits per heavy atom. The maximum Gasteiger partial charge on any atom is 0.259 e. The summed E-state index contributed by atoms with van der Waals surface area (Å²) in [4.78, 5) is 32.6. The Morgan fingerprint density at radius 3 is 2.48 bits per heavy atom. The second kappa shape index (κ2) is 9.52. The van der Waals surface area contributed by atoms with E-state index in [9.17, 15) is 9.59 Å². The van der Waals surface area contributed by atoms with E-state index in [1.165, 1.54) is 0 Å². The molecule has 1 aliphatic heterocycles. The van der Waals surface area contributed by atoms with Gasteiger partial charge < -0.3 is 9.47 Å². The van der Waals surface area contributed by atoms with Crippen molar-refractivity contribution < 1.29 is 4.79 Å². The second-order valence-electron chi connectivity index (χ2n) is 7.92. The highest BCUT2D eigenvalue weighted by Crippen LogP contribution is 2.21. The van der Waals surface area contributed by atoms with E-state index in [1.807, 2.05) is 47.9 Å². The zero-order valence-corrected chi connectivity index (χ0v) is 18.8. The molecule has 5 nitrogen and oxygen atoms in total. The zero-order chi connectivity index (χ0) is 21.8. The van der Waals surface area contributed by atoms with Gasteiger partial charge in [-0.15, -0.1) is 0 Å². The van der Waals surface area contributed by atoms with Gasteiger partial charge in [-0.05, 0) is 42.7 Å². The van der Waals surface area contributed by atoms with E-state index in [2.05, 4.69) is 28.6 Å². The fraction of sp³-hybridized carbons (Fsp3) is 0.320. The number of rotatable bonds is 5. The molecule has 0 unspecified atom stereocenters. The third kappa shape index (κ3) is 4.74. The minimum atomic E-state index is -0.185. The maximum atomic E-state index is 13.5. The smallest absolute Gasteiger partial charge is 0.259 e. The Labute approximate surface area is 187 Å². The number of carbonyl (C=O) groups is 1. The molecular formula is C25H27N3O2S. The van der Waals surface area contributed by atoms with Crippen molar-refractivity contribution in [1.82, 2.24) is 14.5 Å². The molecule has 0 bridgehead atoms. The number of benzene rings is 1. The summed E-state index contributed by atoms with van der Waals surface area (Å²) in [6.07, 6.45) is 4.08. The first-order valence-corrected chi connectivity index (χ1v) is 11.7. The molecule has 0 atom stereocenters. The first-order valence-electron chi connectivity index (χ1n) is 10.6. The van der Waals surface area contributed by atoms with Gasteiger partial charge in [0.15, 0.2) is 5.43 Å². The molecule has 0 aliphatic carbocycles. The van der Waals surface area contributed by atoms with E-state index >= 15 is 0 Å². The van der Waals surface area contributed by atoms with Crippen LogP contribution in [0.25, 0.3) is 0 Å². The topological polar surface area (TPSA) is 55.2 Å². The van der Waals surface area contributed by atoms with Gasteiger partial charge in [0, 0.05) is 67.4 Å². The molecule has 1 amide bonds. The Hall–Kier alpha value is -2.86. The van der Waals surface area contributed by atoms with Crippen molar-refractivity contribution >= 4 is 17.7 Å². The fourth-order valence-electron chi connectivity index (χ4n) is 4.05. The normalized spacial score (nSPS) is 13.9. The second-order valence-corrected chi connectivity index (χ2v) is 9.15. The summed E-state index contributed by atoms with van der Waals surface area (Å²) >= 11 is 1.85. The van der Waals surface area contributed by atoms with E-state index in [4.69, 9.17) is 0 Å². The van der Waals surface area contributed by atoms with E-state index in [0.717, 1.165) is 39.6 Å². The van der Waals surface area contributed by atoms with Crippen LogP contribution in [-0.4, -0.2) is 45.0 Å². The number of thioether (sulfide) groups is 1. The summed E-state index contributed by atoms with van der Waals surface area (Å²) in [6, 6.07) is 13.7. The van der Waals surface area contributed by atoms with Crippen molar-refractivity contribution in [2.24, 2.45) is 0 Å². The lowest BCUT2D eigenvalue weighted by molar-refractivity contribution is 0.0769. The highest BCUT2D eigenvalue weighted by molar-refractivity contribution is 7.99. The lowest BCUT2D eigenvalue weighted by Gasteiger charge is -2.28. The minimum Gasteiger partial charge on any atom is -0.343 e.